The first-order chi connectivity index (χ1) is 12.8. The molecule has 142 valence electrons. The normalized spacial score (nSPS) is 11.8. The molecule has 1 aromatic carbocycles. The lowest BCUT2D eigenvalue weighted by atomic mass is 10.2. The van der Waals surface area contributed by atoms with Crippen molar-refractivity contribution in [1.82, 2.24) is 18.7 Å². The van der Waals surface area contributed by atoms with Crippen molar-refractivity contribution in [1.29, 1.82) is 0 Å². The molecule has 3 aromatic rings. The highest BCUT2D eigenvalue weighted by Crippen LogP contribution is 2.17. The molecule has 27 heavy (non-hydrogen) atoms. The van der Waals surface area contributed by atoms with Crippen LogP contribution in [0.5, 0.6) is 0 Å². The van der Waals surface area contributed by atoms with Gasteiger partial charge in [-0.2, -0.15) is 10.1 Å². The molecule has 3 rings (SSSR count). The minimum Gasteiger partial charge on any atom is -0.303 e. The van der Waals surface area contributed by atoms with Gasteiger partial charge in [0.05, 0.1) is 6.21 Å². The lowest BCUT2D eigenvalue weighted by Gasteiger charge is -2.11. The fourth-order valence-corrected chi connectivity index (χ4v) is 2.89. The van der Waals surface area contributed by atoms with Gasteiger partial charge in [0.2, 0.25) is 5.95 Å². The van der Waals surface area contributed by atoms with E-state index in [4.69, 9.17) is 0 Å². The minimum atomic E-state index is -0.406. The van der Waals surface area contributed by atoms with Crippen LogP contribution in [0.15, 0.2) is 39.0 Å². The van der Waals surface area contributed by atoms with Crippen molar-refractivity contribution in [2.45, 2.75) is 27.3 Å². The van der Waals surface area contributed by atoms with Gasteiger partial charge in [-0.15, -0.1) is 0 Å². The average Bonchev–Trinajstić information content (AvgIpc) is 2.98. The quantitative estimate of drug-likeness (QED) is 0.550. The fraction of sp³-hybridized carbons (Fsp3) is 0.368. The molecule has 8 nitrogen and oxygen atoms in total. The second kappa shape index (κ2) is 7.22. The summed E-state index contributed by atoms with van der Waals surface area (Å²) in [4.78, 5) is 29.3. The van der Waals surface area contributed by atoms with Crippen LogP contribution < -0.4 is 16.7 Å². The highest BCUT2D eigenvalue weighted by atomic mass is 16.2. The number of imidazole rings is 1. The van der Waals surface area contributed by atoms with Gasteiger partial charge in [-0.3, -0.25) is 13.9 Å². The summed E-state index contributed by atoms with van der Waals surface area (Å²) in [6.07, 6.45) is 1.69. The Balaban J connectivity index is 2.07. The summed E-state index contributed by atoms with van der Waals surface area (Å²) in [5.74, 6) is 0.714. The Bertz CT molecular complexity index is 1120. The molecule has 0 spiro atoms. The maximum absolute atomic E-state index is 12.7. The Morgan fingerprint density at radius 2 is 1.81 bits per heavy atom. The van der Waals surface area contributed by atoms with Gasteiger partial charge in [-0.05, 0) is 18.4 Å². The monoisotopic (exact) mass is 368 g/mol. The molecule has 0 saturated carbocycles. The topological polar surface area (TPSA) is 86.2 Å². The van der Waals surface area contributed by atoms with Crippen molar-refractivity contribution >= 4 is 23.3 Å². The second-order valence-corrected chi connectivity index (χ2v) is 7.10. The third kappa shape index (κ3) is 3.55. The molecule has 0 amide bonds. The van der Waals surface area contributed by atoms with Crippen molar-refractivity contribution in [3.05, 3.63) is 56.2 Å². The lowest BCUT2D eigenvalue weighted by Crippen LogP contribution is -2.37. The third-order valence-corrected chi connectivity index (χ3v) is 4.35. The van der Waals surface area contributed by atoms with E-state index in [0.29, 0.717) is 23.7 Å². The van der Waals surface area contributed by atoms with E-state index >= 15 is 0 Å². The Hall–Kier alpha value is -3.16. The summed E-state index contributed by atoms with van der Waals surface area (Å²) in [5.41, 5.74) is 5.01. The molecule has 0 aliphatic carbocycles. The van der Waals surface area contributed by atoms with Gasteiger partial charge in [0.25, 0.3) is 5.56 Å². The summed E-state index contributed by atoms with van der Waals surface area (Å²) in [5, 5.41) is 4.25. The smallest absolute Gasteiger partial charge is 0.303 e. The number of benzene rings is 1. The molecule has 0 unspecified atom stereocenters. The van der Waals surface area contributed by atoms with Crippen LogP contribution in [0.1, 0.15) is 25.0 Å². The first-order valence-corrected chi connectivity index (χ1v) is 8.81. The number of rotatable bonds is 5. The van der Waals surface area contributed by atoms with Gasteiger partial charge >= 0.3 is 5.69 Å². The van der Waals surface area contributed by atoms with Crippen molar-refractivity contribution in [2.75, 3.05) is 5.43 Å². The zero-order chi connectivity index (χ0) is 19.7. The van der Waals surface area contributed by atoms with Crippen LogP contribution in [-0.4, -0.2) is 24.9 Å². The van der Waals surface area contributed by atoms with Crippen molar-refractivity contribution in [3.8, 4) is 0 Å². The average molecular weight is 368 g/mol. The first-order valence-electron chi connectivity index (χ1n) is 8.81. The highest BCUT2D eigenvalue weighted by molar-refractivity contribution is 5.80. The number of aromatic nitrogens is 4. The molecule has 0 saturated heterocycles. The Morgan fingerprint density at radius 3 is 2.44 bits per heavy atom. The van der Waals surface area contributed by atoms with E-state index in [0.717, 1.165) is 10.1 Å². The van der Waals surface area contributed by atoms with E-state index in [1.807, 2.05) is 31.2 Å². The summed E-state index contributed by atoms with van der Waals surface area (Å²) in [6, 6.07) is 7.96. The van der Waals surface area contributed by atoms with Crippen LogP contribution >= 0.6 is 0 Å². The van der Waals surface area contributed by atoms with Crippen LogP contribution in [0.25, 0.3) is 11.2 Å². The first kappa shape index (κ1) is 18.6. The molecule has 2 heterocycles. The summed E-state index contributed by atoms with van der Waals surface area (Å²) < 4.78 is 4.26. The zero-order valence-corrected chi connectivity index (χ0v) is 16.2. The maximum Gasteiger partial charge on any atom is 0.332 e. The Kier molecular flexibility index (Phi) is 4.98. The van der Waals surface area contributed by atoms with E-state index in [-0.39, 0.29) is 11.5 Å². The van der Waals surface area contributed by atoms with E-state index in [9.17, 15) is 9.59 Å². The molecule has 1 N–H and O–H groups in total. The van der Waals surface area contributed by atoms with Gasteiger partial charge in [0.1, 0.15) is 0 Å². The van der Waals surface area contributed by atoms with Gasteiger partial charge in [0, 0.05) is 20.6 Å². The van der Waals surface area contributed by atoms with E-state index in [2.05, 4.69) is 29.4 Å². The number of fused-ring (bicyclic) bond motifs is 1. The molecule has 8 heteroatoms. The Morgan fingerprint density at radius 1 is 1.15 bits per heavy atom. The van der Waals surface area contributed by atoms with Gasteiger partial charge in [-0.25, -0.2) is 10.2 Å². The van der Waals surface area contributed by atoms with Gasteiger partial charge in [-0.1, -0.05) is 43.7 Å². The fourth-order valence-electron chi connectivity index (χ4n) is 2.89. The molecule has 0 bridgehead atoms. The standard InChI is InChI=1S/C19H24N6O2/c1-12(2)11-25-15-16(23(4)19(27)24(5)17(15)26)21-18(25)22-20-10-14-8-6-13(3)7-9-14/h6-10,12H,11H2,1-5H3,(H,21,22)/b20-10+. The number of nitrogens with one attached hydrogen (secondary N) is 1. The third-order valence-electron chi connectivity index (χ3n) is 4.35. The largest absolute Gasteiger partial charge is 0.332 e. The van der Waals surface area contributed by atoms with Crippen molar-refractivity contribution < 1.29 is 0 Å². The zero-order valence-electron chi connectivity index (χ0n) is 16.2. The number of hydrogen-bond acceptors (Lipinski definition) is 5. The lowest BCUT2D eigenvalue weighted by molar-refractivity contribution is 0.534. The van der Waals surface area contributed by atoms with E-state index < -0.39 is 5.69 Å². The molecule has 2 aromatic heterocycles. The summed E-state index contributed by atoms with van der Waals surface area (Å²) in [6.45, 7) is 6.71. The number of hydrazone groups is 1. The number of aryl methyl sites for hydroxylation is 2. The van der Waals surface area contributed by atoms with Crippen LogP contribution in [0.4, 0.5) is 5.95 Å². The summed E-state index contributed by atoms with van der Waals surface area (Å²) in [7, 11) is 3.08. The molecule has 0 atom stereocenters. The molecule has 0 aliphatic rings. The molecular weight excluding hydrogens is 344 g/mol. The Labute approximate surface area is 156 Å². The van der Waals surface area contributed by atoms with Crippen molar-refractivity contribution in [3.63, 3.8) is 0 Å². The van der Waals surface area contributed by atoms with Crippen LogP contribution in [0, 0.1) is 12.8 Å². The van der Waals surface area contributed by atoms with Crippen molar-refractivity contribution in [2.24, 2.45) is 25.1 Å². The van der Waals surface area contributed by atoms with Crippen LogP contribution in [-0.2, 0) is 20.6 Å². The SMILES string of the molecule is Cc1ccc(/C=N/Nc2nc3c(c(=O)n(C)c(=O)n3C)n2CC(C)C)cc1. The number of anilines is 1. The van der Waals surface area contributed by atoms with Gasteiger partial charge < -0.3 is 4.57 Å². The van der Waals surface area contributed by atoms with Crippen LogP contribution in [0.2, 0.25) is 0 Å². The molecular formula is C19H24N6O2. The summed E-state index contributed by atoms with van der Waals surface area (Å²) >= 11 is 0. The number of nitrogens with zero attached hydrogens (tertiary/aromatic N) is 5. The minimum absolute atomic E-state index is 0.283. The predicted octanol–water partition coefficient (Wildman–Crippen LogP) is 1.84. The van der Waals surface area contributed by atoms with Crippen LogP contribution in [0.3, 0.4) is 0 Å². The molecule has 0 fully saturated rings. The predicted molar refractivity (Wildman–Crippen MR) is 107 cm³/mol. The molecule has 0 radical (unpaired) electrons. The van der Waals surface area contributed by atoms with E-state index in [1.54, 1.807) is 17.8 Å². The molecule has 0 aliphatic heterocycles. The van der Waals surface area contributed by atoms with E-state index in [1.165, 1.54) is 17.2 Å². The highest BCUT2D eigenvalue weighted by Gasteiger charge is 2.19. The maximum atomic E-state index is 12.7. The second-order valence-electron chi connectivity index (χ2n) is 7.10. The van der Waals surface area contributed by atoms with Gasteiger partial charge in [0.15, 0.2) is 11.2 Å². The number of hydrogen-bond donors (Lipinski definition) is 1.